The van der Waals surface area contributed by atoms with Crippen molar-refractivity contribution in [1.82, 2.24) is 9.97 Å². The quantitative estimate of drug-likeness (QED) is 0.762. The Morgan fingerprint density at radius 2 is 2.15 bits per heavy atom. The van der Waals surface area contributed by atoms with Crippen molar-refractivity contribution in [3.05, 3.63) is 24.4 Å². The van der Waals surface area contributed by atoms with Gasteiger partial charge in [-0.3, -0.25) is 0 Å². The number of fused-ring (bicyclic) bond motifs is 1. The Bertz CT molecular complexity index is 406. The second-order valence-corrected chi connectivity index (χ2v) is 3.23. The maximum absolute atomic E-state index is 5.47. The van der Waals surface area contributed by atoms with Gasteiger partial charge in [-0.2, -0.15) is 0 Å². The van der Waals surface area contributed by atoms with Crippen molar-refractivity contribution in [2.75, 3.05) is 0 Å². The Balaban J connectivity index is 2.37. The number of rotatable bonds is 2. The van der Waals surface area contributed by atoms with Crippen molar-refractivity contribution in [1.29, 1.82) is 0 Å². The molecule has 1 N–H and O–H groups in total. The second-order valence-electron chi connectivity index (χ2n) is 3.23. The van der Waals surface area contributed by atoms with E-state index in [2.05, 4.69) is 9.97 Å². The van der Waals surface area contributed by atoms with Gasteiger partial charge in [0.05, 0.1) is 17.1 Å². The number of hydrogen-bond acceptors (Lipinski definition) is 2. The molecule has 13 heavy (non-hydrogen) atoms. The number of pyridine rings is 1. The van der Waals surface area contributed by atoms with Crippen LogP contribution in [0.25, 0.3) is 11.0 Å². The van der Waals surface area contributed by atoms with E-state index in [0.717, 1.165) is 11.0 Å². The van der Waals surface area contributed by atoms with Crippen LogP contribution in [0.15, 0.2) is 24.4 Å². The van der Waals surface area contributed by atoms with Gasteiger partial charge < -0.3 is 9.72 Å². The van der Waals surface area contributed by atoms with Gasteiger partial charge in [0.2, 0.25) is 5.88 Å². The fourth-order valence-electron chi connectivity index (χ4n) is 1.22. The fraction of sp³-hybridized carbons (Fsp3) is 0.300. The van der Waals surface area contributed by atoms with E-state index < -0.39 is 0 Å². The summed E-state index contributed by atoms with van der Waals surface area (Å²) in [6.45, 7) is 3.98. The van der Waals surface area contributed by atoms with Crippen LogP contribution in [0.2, 0.25) is 0 Å². The molecule has 2 aromatic heterocycles. The zero-order valence-electron chi connectivity index (χ0n) is 7.74. The number of nitrogens with zero attached hydrogens (tertiary/aromatic N) is 1. The third kappa shape index (κ3) is 1.64. The molecule has 0 aliphatic carbocycles. The first-order valence-corrected chi connectivity index (χ1v) is 4.36. The van der Waals surface area contributed by atoms with E-state index in [9.17, 15) is 0 Å². The highest BCUT2D eigenvalue weighted by atomic mass is 16.5. The predicted octanol–water partition coefficient (Wildman–Crippen LogP) is 2.35. The van der Waals surface area contributed by atoms with E-state index in [-0.39, 0.29) is 6.10 Å². The van der Waals surface area contributed by atoms with Crippen LogP contribution in [0, 0.1) is 0 Å². The van der Waals surface area contributed by atoms with E-state index in [1.165, 1.54) is 0 Å². The molecule has 2 aromatic rings. The first-order chi connectivity index (χ1) is 6.25. The monoisotopic (exact) mass is 176 g/mol. The lowest BCUT2D eigenvalue weighted by Gasteiger charge is -2.07. The molecule has 0 atom stereocenters. The topological polar surface area (TPSA) is 37.9 Å². The van der Waals surface area contributed by atoms with Gasteiger partial charge in [0.1, 0.15) is 0 Å². The minimum atomic E-state index is 0.170. The SMILES string of the molecule is CC(C)Oc1ccc2[nH]ccc2n1. The van der Waals surface area contributed by atoms with Crippen LogP contribution in [0.1, 0.15) is 13.8 Å². The summed E-state index contributed by atoms with van der Waals surface area (Å²) in [6.07, 6.45) is 2.04. The van der Waals surface area contributed by atoms with Crippen LogP contribution in [0.4, 0.5) is 0 Å². The van der Waals surface area contributed by atoms with Crippen molar-refractivity contribution < 1.29 is 4.74 Å². The molecule has 0 unspecified atom stereocenters. The summed E-state index contributed by atoms with van der Waals surface area (Å²) in [4.78, 5) is 7.40. The third-order valence-corrected chi connectivity index (χ3v) is 1.74. The first kappa shape index (κ1) is 8.10. The molecule has 0 aromatic carbocycles. The molecule has 68 valence electrons. The molecule has 0 saturated heterocycles. The zero-order chi connectivity index (χ0) is 9.26. The molecule has 0 amide bonds. The average molecular weight is 176 g/mol. The molecule has 0 saturated carbocycles. The molecule has 0 spiro atoms. The van der Waals surface area contributed by atoms with Gasteiger partial charge in [0.25, 0.3) is 0 Å². The number of ether oxygens (including phenoxy) is 1. The molecule has 0 fully saturated rings. The Morgan fingerprint density at radius 1 is 1.31 bits per heavy atom. The smallest absolute Gasteiger partial charge is 0.214 e. The van der Waals surface area contributed by atoms with Gasteiger partial charge in [-0.1, -0.05) is 0 Å². The van der Waals surface area contributed by atoms with E-state index in [1.807, 2.05) is 38.2 Å². The third-order valence-electron chi connectivity index (χ3n) is 1.74. The summed E-state index contributed by atoms with van der Waals surface area (Å²) in [7, 11) is 0. The lowest BCUT2D eigenvalue weighted by Crippen LogP contribution is -2.06. The van der Waals surface area contributed by atoms with E-state index in [1.54, 1.807) is 0 Å². The van der Waals surface area contributed by atoms with Crippen LogP contribution >= 0.6 is 0 Å². The lowest BCUT2D eigenvalue weighted by atomic mass is 10.4. The minimum absolute atomic E-state index is 0.170. The van der Waals surface area contributed by atoms with Gasteiger partial charge in [-0.15, -0.1) is 0 Å². The molecular weight excluding hydrogens is 164 g/mol. The highest BCUT2D eigenvalue weighted by Crippen LogP contribution is 2.15. The highest BCUT2D eigenvalue weighted by molar-refractivity contribution is 5.75. The lowest BCUT2D eigenvalue weighted by molar-refractivity contribution is 0.233. The minimum Gasteiger partial charge on any atom is -0.475 e. The van der Waals surface area contributed by atoms with Crippen molar-refractivity contribution in [2.24, 2.45) is 0 Å². The van der Waals surface area contributed by atoms with Crippen LogP contribution in [-0.4, -0.2) is 16.1 Å². The standard InChI is InChI=1S/C10H12N2O/c1-7(2)13-10-4-3-8-9(12-10)5-6-11-8/h3-7,11H,1-2H3. The predicted molar refractivity (Wildman–Crippen MR) is 51.9 cm³/mol. The Labute approximate surface area is 76.8 Å². The van der Waals surface area contributed by atoms with Gasteiger partial charge in [0.15, 0.2) is 0 Å². The van der Waals surface area contributed by atoms with Gasteiger partial charge in [0, 0.05) is 12.3 Å². The molecule has 0 aliphatic rings. The van der Waals surface area contributed by atoms with Crippen LogP contribution in [0.3, 0.4) is 0 Å². The molecule has 0 aliphatic heterocycles. The number of nitrogens with one attached hydrogen (secondary N) is 1. The maximum Gasteiger partial charge on any atom is 0.214 e. The molecular formula is C10H12N2O. The van der Waals surface area contributed by atoms with Crippen molar-refractivity contribution in [2.45, 2.75) is 20.0 Å². The van der Waals surface area contributed by atoms with Crippen LogP contribution < -0.4 is 4.74 Å². The Hall–Kier alpha value is -1.51. The Morgan fingerprint density at radius 3 is 2.92 bits per heavy atom. The summed E-state index contributed by atoms with van der Waals surface area (Å²) in [5.74, 6) is 0.683. The summed E-state index contributed by atoms with van der Waals surface area (Å²) < 4.78 is 5.47. The van der Waals surface area contributed by atoms with Gasteiger partial charge >= 0.3 is 0 Å². The van der Waals surface area contributed by atoms with Crippen LogP contribution in [-0.2, 0) is 0 Å². The van der Waals surface area contributed by atoms with E-state index in [0.29, 0.717) is 5.88 Å². The molecule has 3 heteroatoms. The van der Waals surface area contributed by atoms with Gasteiger partial charge in [-0.05, 0) is 26.0 Å². The van der Waals surface area contributed by atoms with Gasteiger partial charge in [-0.25, -0.2) is 4.98 Å². The molecule has 2 rings (SSSR count). The second kappa shape index (κ2) is 3.09. The van der Waals surface area contributed by atoms with E-state index >= 15 is 0 Å². The molecule has 3 nitrogen and oxygen atoms in total. The number of aromatic nitrogens is 2. The Kier molecular flexibility index (Phi) is 1.93. The summed E-state index contributed by atoms with van der Waals surface area (Å²) in [6, 6.07) is 5.78. The highest BCUT2D eigenvalue weighted by Gasteiger charge is 2.00. The number of hydrogen-bond donors (Lipinski definition) is 1. The fourth-order valence-corrected chi connectivity index (χ4v) is 1.22. The molecule has 0 bridgehead atoms. The summed E-state index contributed by atoms with van der Waals surface area (Å²) >= 11 is 0. The average Bonchev–Trinajstić information content (AvgIpc) is 2.49. The van der Waals surface area contributed by atoms with E-state index in [4.69, 9.17) is 4.74 Å². The first-order valence-electron chi connectivity index (χ1n) is 4.36. The molecule has 0 radical (unpaired) electrons. The largest absolute Gasteiger partial charge is 0.475 e. The number of H-pyrrole nitrogens is 1. The summed E-state index contributed by atoms with van der Waals surface area (Å²) in [5, 5.41) is 0. The maximum atomic E-state index is 5.47. The number of aromatic amines is 1. The van der Waals surface area contributed by atoms with Crippen molar-refractivity contribution >= 4 is 11.0 Å². The molecule has 2 heterocycles. The summed E-state index contributed by atoms with van der Waals surface area (Å²) in [5.41, 5.74) is 1.98. The van der Waals surface area contributed by atoms with Crippen LogP contribution in [0.5, 0.6) is 5.88 Å². The zero-order valence-corrected chi connectivity index (χ0v) is 7.74. The van der Waals surface area contributed by atoms with Crippen molar-refractivity contribution in [3.63, 3.8) is 0 Å². The normalized spacial score (nSPS) is 11.0. The van der Waals surface area contributed by atoms with Crippen molar-refractivity contribution in [3.8, 4) is 5.88 Å².